The van der Waals surface area contributed by atoms with Crippen molar-refractivity contribution < 1.29 is 19.0 Å². The van der Waals surface area contributed by atoms with Crippen molar-refractivity contribution in [2.45, 2.75) is 46.1 Å². The Hall–Kier alpha value is -2.49. The maximum Gasteiger partial charge on any atom is 0.305 e. The van der Waals surface area contributed by atoms with Crippen LogP contribution in [0.2, 0.25) is 0 Å². The normalized spacial score (nSPS) is 12.0. The van der Waals surface area contributed by atoms with Crippen molar-refractivity contribution in [3.63, 3.8) is 0 Å². The van der Waals surface area contributed by atoms with Crippen LogP contribution < -0.4 is 9.47 Å². The first-order valence-electron chi connectivity index (χ1n) is 8.89. The van der Waals surface area contributed by atoms with E-state index in [0.29, 0.717) is 6.42 Å². The van der Waals surface area contributed by atoms with Crippen LogP contribution in [0, 0.1) is 13.8 Å². The molecule has 0 fully saturated rings. The molecule has 26 heavy (non-hydrogen) atoms. The number of ether oxygens (including phenoxy) is 3. The van der Waals surface area contributed by atoms with Crippen molar-refractivity contribution in [2.24, 2.45) is 0 Å². The van der Waals surface area contributed by atoms with Gasteiger partial charge in [0.25, 0.3) is 0 Å². The number of methoxy groups -OCH3 is 2. The van der Waals surface area contributed by atoms with Crippen LogP contribution in [0.3, 0.4) is 0 Å². The molecule has 0 bridgehead atoms. The van der Waals surface area contributed by atoms with Gasteiger partial charge in [-0.05, 0) is 55.2 Å². The van der Waals surface area contributed by atoms with Crippen LogP contribution in [0.5, 0.6) is 11.5 Å². The van der Waals surface area contributed by atoms with E-state index in [9.17, 15) is 4.79 Å². The SMILES string of the molecule is CCC(=O)OC(C)C(c1ccc(C)c(OC)c1)c1ccc(C)c(OC)c1. The topological polar surface area (TPSA) is 44.8 Å². The lowest BCUT2D eigenvalue weighted by Gasteiger charge is -2.26. The summed E-state index contributed by atoms with van der Waals surface area (Å²) in [6.45, 7) is 7.74. The molecule has 1 atom stereocenters. The minimum absolute atomic E-state index is 0.116. The smallest absolute Gasteiger partial charge is 0.305 e. The van der Waals surface area contributed by atoms with Gasteiger partial charge in [0, 0.05) is 12.3 Å². The molecule has 140 valence electrons. The molecule has 0 heterocycles. The highest BCUT2D eigenvalue weighted by molar-refractivity contribution is 5.69. The fourth-order valence-electron chi connectivity index (χ4n) is 3.15. The Bertz CT molecular complexity index is 713. The van der Waals surface area contributed by atoms with E-state index in [-0.39, 0.29) is 18.0 Å². The summed E-state index contributed by atoms with van der Waals surface area (Å²) in [5.41, 5.74) is 4.20. The summed E-state index contributed by atoms with van der Waals surface area (Å²) in [6.07, 6.45) is 0.0353. The van der Waals surface area contributed by atoms with Gasteiger partial charge < -0.3 is 14.2 Å². The van der Waals surface area contributed by atoms with E-state index in [0.717, 1.165) is 33.8 Å². The van der Waals surface area contributed by atoms with Gasteiger partial charge in [0.15, 0.2) is 0 Å². The van der Waals surface area contributed by atoms with Crippen molar-refractivity contribution >= 4 is 5.97 Å². The van der Waals surface area contributed by atoms with E-state index in [2.05, 4.69) is 12.1 Å². The molecule has 0 aromatic heterocycles. The zero-order valence-corrected chi connectivity index (χ0v) is 16.5. The largest absolute Gasteiger partial charge is 0.496 e. The summed E-state index contributed by atoms with van der Waals surface area (Å²) < 4.78 is 16.6. The Labute approximate surface area is 156 Å². The van der Waals surface area contributed by atoms with Gasteiger partial charge >= 0.3 is 5.97 Å². The van der Waals surface area contributed by atoms with E-state index in [1.165, 1.54) is 0 Å². The number of carbonyl (C=O) groups is 1. The zero-order chi connectivity index (χ0) is 19.3. The molecule has 0 N–H and O–H groups in total. The molecule has 0 amide bonds. The highest BCUT2D eigenvalue weighted by atomic mass is 16.5. The predicted octanol–water partition coefficient (Wildman–Crippen LogP) is 4.79. The number of carbonyl (C=O) groups excluding carboxylic acids is 1. The Morgan fingerprint density at radius 1 is 0.923 bits per heavy atom. The van der Waals surface area contributed by atoms with Crippen molar-refractivity contribution in [1.29, 1.82) is 0 Å². The lowest BCUT2D eigenvalue weighted by molar-refractivity contribution is -0.148. The minimum atomic E-state index is -0.317. The van der Waals surface area contributed by atoms with Gasteiger partial charge in [-0.3, -0.25) is 4.79 Å². The summed E-state index contributed by atoms with van der Waals surface area (Å²) in [7, 11) is 3.33. The van der Waals surface area contributed by atoms with Crippen LogP contribution >= 0.6 is 0 Å². The first-order valence-corrected chi connectivity index (χ1v) is 8.89. The molecule has 4 nitrogen and oxygen atoms in total. The third kappa shape index (κ3) is 4.37. The predicted molar refractivity (Wildman–Crippen MR) is 103 cm³/mol. The van der Waals surface area contributed by atoms with Crippen LogP contribution in [-0.4, -0.2) is 26.3 Å². The number of hydrogen-bond acceptors (Lipinski definition) is 4. The molecule has 0 radical (unpaired) electrons. The lowest BCUT2D eigenvalue weighted by atomic mass is 9.86. The Morgan fingerprint density at radius 3 is 1.77 bits per heavy atom. The van der Waals surface area contributed by atoms with E-state index in [1.807, 2.05) is 45.0 Å². The summed E-state index contributed by atoms with van der Waals surface area (Å²) in [4.78, 5) is 11.9. The fraction of sp³-hybridized carbons (Fsp3) is 0.409. The van der Waals surface area contributed by atoms with E-state index < -0.39 is 0 Å². The quantitative estimate of drug-likeness (QED) is 0.669. The van der Waals surface area contributed by atoms with E-state index >= 15 is 0 Å². The number of esters is 1. The molecule has 0 saturated heterocycles. The first-order chi connectivity index (χ1) is 12.4. The van der Waals surface area contributed by atoms with Crippen molar-refractivity contribution in [1.82, 2.24) is 0 Å². The van der Waals surface area contributed by atoms with Crippen molar-refractivity contribution in [3.8, 4) is 11.5 Å². The fourth-order valence-corrected chi connectivity index (χ4v) is 3.15. The average molecular weight is 356 g/mol. The van der Waals surface area contributed by atoms with Crippen LogP contribution in [0.1, 0.15) is 48.4 Å². The highest BCUT2D eigenvalue weighted by Gasteiger charge is 2.26. The maximum atomic E-state index is 11.9. The molecular weight excluding hydrogens is 328 g/mol. The molecule has 0 aliphatic carbocycles. The van der Waals surface area contributed by atoms with Crippen LogP contribution in [0.15, 0.2) is 36.4 Å². The Morgan fingerprint density at radius 2 is 1.38 bits per heavy atom. The van der Waals surface area contributed by atoms with E-state index in [4.69, 9.17) is 14.2 Å². The standard InChI is InChI=1S/C22H28O4/c1-7-21(23)26-16(4)22(17-10-8-14(2)19(12-17)24-5)18-11-9-15(3)20(13-18)25-6/h8-13,16,22H,7H2,1-6H3. The molecular formula is C22H28O4. The third-order valence-electron chi connectivity index (χ3n) is 4.66. The van der Waals surface area contributed by atoms with Gasteiger partial charge in [0.05, 0.1) is 14.2 Å². The van der Waals surface area contributed by atoms with Gasteiger partial charge in [-0.15, -0.1) is 0 Å². The second kappa shape index (κ2) is 8.75. The second-order valence-electron chi connectivity index (χ2n) is 6.48. The number of aryl methyl sites for hydroxylation is 2. The van der Waals surface area contributed by atoms with Crippen LogP contribution in [0.25, 0.3) is 0 Å². The number of benzene rings is 2. The van der Waals surface area contributed by atoms with Gasteiger partial charge in [-0.25, -0.2) is 0 Å². The summed E-state index contributed by atoms with van der Waals surface area (Å²) in [5, 5.41) is 0. The molecule has 0 aliphatic rings. The molecule has 2 aromatic rings. The van der Waals surface area contributed by atoms with Gasteiger partial charge in [0.2, 0.25) is 0 Å². The lowest BCUT2D eigenvalue weighted by Crippen LogP contribution is -2.23. The number of rotatable bonds is 7. The van der Waals surface area contributed by atoms with Gasteiger partial charge in [-0.1, -0.05) is 31.2 Å². The molecule has 0 aliphatic heterocycles. The summed E-state index contributed by atoms with van der Waals surface area (Å²) in [5.74, 6) is 1.32. The summed E-state index contributed by atoms with van der Waals surface area (Å²) >= 11 is 0. The highest BCUT2D eigenvalue weighted by Crippen LogP contribution is 2.35. The monoisotopic (exact) mass is 356 g/mol. The van der Waals surface area contributed by atoms with E-state index in [1.54, 1.807) is 21.1 Å². The molecule has 0 spiro atoms. The van der Waals surface area contributed by atoms with Crippen molar-refractivity contribution in [2.75, 3.05) is 14.2 Å². The molecule has 0 saturated carbocycles. The average Bonchev–Trinajstić information content (AvgIpc) is 2.64. The number of hydrogen-bond donors (Lipinski definition) is 0. The Balaban J connectivity index is 2.53. The van der Waals surface area contributed by atoms with Crippen molar-refractivity contribution in [3.05, 3.63) is 58.7 Å². The molecule has 2 aromatic carbocycles. The first kappa shape index (κ1) is 19.8. The maximum absolute atomic E-state index is 11.9. The minimum Gasteiger partial charge on any atom is -0.496 e. The van der Waals surface area contributed by atoms with Gasteiger partial charge in [-0.2, -0.15) is 0 Å². The molecule has 1 unspecified atom stereocenters. The Kier molecular flexibility index (Phi) is 6.67. The second-order valence-corrected chi connectivity index (χ2v) is 6.48. The molecule has 4 heteroatoms. The van der Waals surface area contributed by atoms with Crippen LogP contribution in [-0.2, 0) is 9.53 Å². The van der Waals surface area contributed by atoms with Crippen LogP contribution in [0.4, 0.5) is 0 Å². The zero-order valence-electron chi connectivity index (χ0n) is 16.5. The third-order valence-corrected chi connectivity index (χ3v) is 4.66. The summed E-state index contributed by atoms with van der Waals surface area (Å²) in [6, 6.07) is 12.2. The van der Waals surface area contributed by atoms with Gasteiger partial charge in [0.1, 0.15) is 17.6 Å². The molecule has 2 rings (SSSR count).